The number of aromatic nitrogens is 2. The van der Waals surface area contributed by atoms with Gasteiger partial charge in [0.25, 0.3) is 0 Å². The quantitative estimate of drug-likeness (QED) is 0.781. The van der Waals surface area contributed by atoms with Crippen LogP contribution >= 0.6 is 0 Å². The zero-order valence-corrected chi connectivity index (χ0v) is 11.1. The van der Waals surface area contributed by atoms with Crippen molar-refractivity contribution in [3.8, 4) is 0 Å². The van der Waals surface area contributed by atoms with E-state index in [1.165, 1.54) is 0 Å². The van der Waals surface area contributed by atoms with Crippen molar-refractivity contribution in [3.63, 3.8) is 0 Å². The van der Waals surface area contributed by atoms with Crippen LogP contribution in [0.4, 0.5) is 11.8 Å². The first kappa shape index (κ1) is 13.7. The van der Waals surface area contributed by atoms with Crippen LogP contribution < -0.4 is 16.0 Å². The maximum Gasteiger partial charge on any atom is 0.226 e. The van der Waals surface area contributed by atoms with Gasteiger partial charge in [-0.3, -0.25) is 0 Å². The van der Waals surface area contributed by atoms with Crippen LogP contribution in [0.3, 0.4) is 0 Å². The molecule has 5 heteroatoms. The number of anilines is 2. The molecule has 0 bridgehead atoms. The van der Waals surface area contributed by atoms with E-state index in [1.54, 1.807) is 6.20 Å². The Morgan fingerprint density at radius 2 is 2.12 bits per heavy atom. The lowest BCUT2D eigenvalue weighted by atomic mass is 10.0. The number of hydrogen-bond donors (Lipinski definition) is 2. The topological polar surface area (TPSA) is 67.1 Å². The predicted octanol–water partition coefficient (Wildman–Crippen LogP) is 1.33. The Kier molecular flexibility index (Phi) is 5.15. The molecule has 17 heavy (non-hydrogen) atoms. The third kappa shape index (κ3) is 4.19. The predicted molar refractivity (Wildman–Crippen MR) is 72.3 cm³/mol. The Morgan fingerprint density at radius 3 is 2.65 bits per heavy atom. The van der Waals surface area contributed by atoms with E-state index in [0.717, 1.165) is 12.2 Å². The molecule has 0 aliphatic heterocycles. The van der Waals surface area contributed by atoms with E-state index in [0.29, 0.717) is 24.5 Å². The highest BCUT2D eigenvalue weighted by atomic mass is 15.2. The Labute approximate surface area is 103 Å². The van der Waals surface area contributed by atoms with Crippen molar-refractivity contribution in [1.29, 1.82) is 0 Å². The van der Waals surface area contributed by atoms with E-state index in [2.05, 4.69) is 29.1 Å². The van der Waals surface area contributed by atoms with E-state index >= 15 is 0 Å². The monoisotopic (exact) mass is 237 g/mol. The van der Waals surface area contributed by atoms with Gasteiger partial charge in [-0.2, -0.15) is 4.98 Å². The van der Waals surface area contributed by atoms with Gasteiger partial charge in [-0.25, -0.2) is 4.98 Å². The Hall–Kier alpha value is -1.36. The smallest absolute Gasteiger partial charge is 0.226 e. The molecule has 0 aliphatic rings. The molecule has 1 aromatic heterocycles. The van der Waals surface area contributed by atoms with Crippen molar-refractivity contribution in [1.82, 2.24) is 9.97 Å². The summed E-state index contributed by atoms with van der Waals surface area (Å²) < 4.78 is 0. The number of rotatable bonds is 6. The minimum absolute atomic E-state index is 0.352. The summed E-state index contributed by atoms with van der Waals surface area (Å²) in [5.41, 5.74) is 5.62. The Balaban J connectivity index is 2.75. The summed E-state index contributed by atoms with van der Waals surface area (Å²) in [6.45, 7) is 5.05. The molecule has 0 amide bonds. The molecule has 5 nitrogen and oxygen atoms in total. The Morgan fingerprint density at radius 1 is 1.41 bits per heavy atom. The van der Waals surface area contributed by atoms with Crippen molar-refractivity contribution in [2.45, 2.75) is 26.3 Å². The summed E-state index contributed by atoms with van der Waals surface area (Å²) in [5, 5.41) is 3.42. The lowest BCUT2D eigenvalue weighted by Crippen LogP contribution is -2.29. The van der Waals surface area contributed by atoms with Crippen molar-refractivity contribution < 1.29 is 0 Å². The van der Waals surface area contributed by atoms with Crippen LogP contribution in [0.15, 0.2) is 12.3 Å². The largest absolute Gasteiger partial charge is 0.367 e. The third-order valence-electron chi connectivity index (χ3n) is 2.66. The SMILES string of the molecule is CC(C)C(CCN)Nc1ccnc(N(C)C)n1. The minimum Gasteiger partial charge on any atom is -0.367 e. The van der Waals surface area contributed by atoms with Gasteiger partial charge in [0.2, 0.25) is 5.95 Å². The molecule has 96 valence electrons. The number of nitrogens with two attached hydrogens (primary N) is 1. The fourth-order valence-electron chi connectivity index (χ4n) is 1.59. The number of hydrogen-bond acceptors (Lipinski definition) is 5. The molecule has 0 saturated heterocycles. The van der Waals surface area contributed by atoms with Crippen LogP contribution in [-0.2, 0) is 0 Å². The van der Waals surface area contributed by atoms with Gasteiger partial charge in [0.1, 0.15) is 5.82 Å². The average Bonchev–Trinajstić information content (AvgIpc) is 2.28. The summed E-state index contributed by atoms with van der Waals surface area (Å²) >= 11 is 0. The van der Waals surface area contributed by atoms with Gasteiger partial charge in [0.15, 0.2) is 0 Å². The molecule has 0 saturated carbocycles. The Bertz CT molecular complexity index is 337. The second kappa shape index (κ2) is 6.39. The normalized spacial score (nSPS) is 12.6. The van der Waals surface area contributed by atoms with Crippen LogP contribution in [0.5, 0.6) is 0 Å². The third-order valence-corrected chi connectivity index (χ3v) is 2.66. The van der Waals surface area contributed by atoms with E-state index < -0.39 is 0 Å². The lowest BCUT2D eigenvalue weighted by molar-refractivity contribution is 0.497. The summed E-state index contributed by atoms with van der Waals surface area (Å²) in [6.07, 6.45) is 2.71. The van der Waals surface area contributed by atoms with Gasteiger partial charge < -0.3 is 16.0 Å². The van der Waals surface area contributed by atoms with E-state index in [9.17, 15) is 0 Å². The molecule has 0 spiro atoms. The molecule has 1 unspecified atom stereocenters. The van der Waals surface area contributed by atoms with E-state index in [-0.39, 0.29) is 0 Å². The average molecular weight is 237 g/mol. The maximum atomic E-state index is 5.62. The van der Waals surface area contributed by atoms with Gasteiger partial charge in [-0.1, -0.05) is 13.8 Å². The molecule has 3 N–H and O–H groups in total. The standard InChI is InChI=1S/C12H23N5/c1-9(2)10(5-7-13)15-11-6-8-14-12(16-11)17(3)4/h6,8-10H,5,7,13H2,1-4H3,(H,14,15,16). The highest BCUT2D eigenvalue weighted by Crippen LogP contribution is 2.14. The summed E-state index contributed by atoms with van der Waals surface area (Å²) in [7, 11) is 3.86. The first-order chi connectivity index (χ1) is 8.04. The van der Waals surface area contributed by atoms with Crippen LogP contribution in [0.1, 0.15) is 20.3 Å². The first-order valence-corrected chi connectivity index (χ1v) is 6.01. The first-order valence-electron chi connectivity index (χ1n) is 6.01. The molecule has 0 radical (unpaired) electrons. The molecule has 1 aromatic rings. The van der Waals surface area contributed by atoms with Gasteiger partial charge in [-0.05, 0) is 24.9 Å². The van der Waals surface area contributed by atoms with Crippen molar-refractivity contribution in [2.75, 3.05) is 30.9 Å². The number of nitrogens with one attached hydrogen (secondary N) is 1. The summed E-state index contributed by atoms with van der Waals surface area (Å²) in [6, 6.07) is 2.24. The molecule has 1 heterocycles. The van der Waals surface area contributed by atoms with Gasteiger partial charge in [0, 0.05) is 26.3 Å². The summed E-state index contributed by atoms with van der Waals surface area (Å²) in [4.78, 5) is 10.5. The second-order valence-corrected chi connectivity index (χ2v) is 4.71. The maximum absolute atomic E-state index is 5.62. The van der Waals surface area contributed by atoms with Gasteiger partial charge >= 0.3 is 0 Å². The molecular formula is C12H23N5. The molecule has 0 fully saturated rings. The summed E-state index contributed by atoms with van der Waals surface area (Å²) in [5.74, 6) is 2.09. The number of nitrogens with zero attached hydrogens (tertiary/aromatic N) is 3. The minimum atomic E-state index is 0.352. The molecular weight excluding hydrogens is 214 g/mol. The van der Waals surface area contributed by atoms with Crippen molar-refractivity contribution in [2.24, 2.45) is 11.7 Å². The molecule has 0 aromatic carbocycles. The molecule has 0 aliphatic carbocycles. The fraction of sp³-hybridized carbons (Fsp3) is 0.667. The van der Waals surface area contributed by atoms with Crippen molar-refractivity contribution >= 4 is 11.8 Å². The zero-order valence-electron chi connectivity index (χ0n) is 11.1. The molecule has 1 atom stereocenters. The zero-order chi connectivity index (χ0) is 12.8. The highest BCUT2D eigenvalue weighted by Gasteiger charge is 2.13. The van der Waals surface area contributed by atoms with Gasteiger partial charge in [-0.15, -0.1) is 0 Å². The molecule has 1 rings (SSSR count). The van der Waals surface area contributed by atoms with E-state index in [4.69, 9.17) is 5.73 Å². The van der Waals surface area contributed by atoms with Crippen LogP contribution in [0, 0.1) is 5.92 Å². The van der Waals surface area contributed by atoms with Crippen LogP contribution in [0.2, 0.25) is 0 Å². The fourth-order valence-corrected chi connectivity index (χ4v) is 1.59. The van der Waals surface area contributed by atoms with Gasteiger partial charge in [0.05, 0.1) is 0 Å². The lowest BCUT2D eigenvalue weighted by Gasteiger charge is -2.22. The van der Waals surface area contributed by atoms with Crippen molar-refractivity contribution in [3.05, 3.63) is 12.3 Å². The highest BCUT2D eigenvalue weighted by molar-refractivity contribution is 5.41. The van der Waals surface area contributed by atoms with E-state index in [1.807, 2.05) is 25.1 Å². The van der Waals surface area contributed by atoms with Crippen LogP contribution in [0.25, 0.3) is 0 Å². The van der Waals surface area contributed by atoms with Crippen LogP contribution in [-0.4, -0.2) is 36.6 Å². The second-order valence-electron chi connectivity index (χ2n) is 4.71.